The van der Waals surface area contributed by atoms with E-state index in [9.17, 15) is 21.6 Å². The second-order valence-electron chi connectivity index (χ2n) is 3.95. The van der Waals surface area contributed by atoms with Crippen molar-refractivity contribution in [3.05, 3.63) is 65.5 Å². The molecule has 0 saturated carbocycles. The van der Waals surface area contributed by atoms with Crippen LogP contribution in [0.2, 0.25) is 0 Å². The molecule has 0 amide bonds. The summed E-state index contributed by atoms with van der Waals surface area (Å²) in [6.07, 6.45) is 0. The first-order chi connectivity index (χ1) is 8.88. The maximum absolute atomic E-state index is 13.4. The van der Waals surface area contributed by atoms with Gasteiger partial charge in [0.2, 0.25) is 0 Å². The topological polar surface area (TPSA) is 34.1 Å². The molecule has 6 heteroatoms. The second kappa shape index (κ2) is 5.05. The molecule has 0 heterocycles. The molecule has 0 aliphatic rings. The molecule has 0 bridgehead atoms. The minimum atomic E-state index is -3.79. The lowest BCUT2D eigenvalue weighted by atomic mass is 10.2. The van der Waals surface area contributed by atoms with Gasteiger partial charge in [-0.3, -0.25) is 0 Å². The zero-order chi connectivity index (χ0) is 14.0. The molecular formula is C13H9F3O2S. The Hall–Kier alpha value is -1.82. The molecule has 0 aliphatic carbocycles. The molecule has 19 heavy (non-hydrogen) atoms. The minimum absolute atomic E-state index is 0.113. The van der Waals surface area contributed by atoms with Gasteiger partial charge < -0.3 is 0 Å². The van der Waals surface area contributed by atoms with Crippen molar-refractivity contribution in [3.63, 3.8) is 0 Å². The van der Waals surface area contributed by atoms with Crippen LogP contribution in [-0.2, 0) is 15.6 Å². The first-order valence-electron chi connectivity index (χ1n) is 5.31. The van der Waals surface area contributed by atoms with Gasteiger partial charge in [-0.05, 0) is 30.3 Å². The fraction of sp³-hybridized carbons (Fsp3) is 0.0769. The average Bonchev–Trinajstić information content (AvgIpc) is 2.33. The van der Waals surface area contributed by atoms with Crippen molar-refractivity contribution in [2.24, 2.45) is 0 Å². The van der Waals surface area contributed by atoms with Gasteiger partial charge in [-0.1, -0.05) is 6.07 Å². The molecule has 0 spiro atoms. The Morgan fingerprint density at radius 1 is 0.842 bits per heavy atom. The number of rotatable bonds is 3. The fourth-order valence-corrected chi connectivity index (χ4v) is 2.93. The lowest BCUT2D eigenvalue weighted by Gasteiger charge is -2.06. The van der Waals surface area contributed by atoms with Crippen LogP contribution < -0.4 is 0 Å². The molecule has 0 aliphatic heterocycles. The molecule has 2 aromatic carbocycles. The zero-order valence-electron chi connectivity index (χ0n) is 9.61. The highest BCUT2D eigenvalue weighted by atomic mass is 32.2. The van der Waals surface area contributed by atoms with Crippen LogP contribution in [0.5, 0.6) is 0 Å². The molecule has 0 aromatic heterocycles. The third-order valence-electron chi connectivity index (χ3n) is 2.53. The van der Waals surface area contributed by atoms with E-state index in [4.69, 9.17) is 0 Å². The van der Waals surface area contributed by atoms with Crippen LogP contribution in [0, 0.1) is 17.5 Å². The summed E-state index contributed by atoms with van der Waals surface area (Å²) in [4.78, 5) is -0.113. The van der Waals surface area contributed by atoms with Crippen molar-refractivity contribution in [1.29, 1.82) is 0 Å². The Labute approximate surface area is 108 Å². The maximum atomic E-state index is 13.4. The Bertz CT molecular complexity index is 694. The standard InChI is InChI=1S/C13H9F3O2S/c14-10-3-5-12(6-4-10)19(17,18)8-9-1-2-11(15)7-13(9)16/h1-7H,8H2. The number of halogens is 3. The maximum Gasteiger partial charge on any atom is 0.182 e. The Kier molecular flexibility index (Phi) is 3.61. The van der Waals surface area contributed by atoms with Crippen molar-refractivity contribution >= 4 is 9.84 Å². The molecule has 2 rings (SSSR count). The van der Waals surface area contributed by atoms with Gasteiger partial charge >= 0.3 is 0 Å². The predicted molar refractivity (Wildman–Crippen MR) is 63.6 cm³/mol. The van der Waals surface area contributed by atoms with Crippen LogP contribution in [-0.4, -0.2) is 8.42 Å². The van der Waals surface area contributed by atoms with Crippen LogP contribution >= 0.6 is 0 Å². The first-order valence-corrected chi connectivity index (χ1v) is 6.96. The van der Waals surface area contributed by atoms with Crippen LogP contribution in [0.15, 0.2) is 47.4 Å². The van der Waals surface area contributed by atoms with E-state index in [-0.39, 0.29) is 10.5 Å². The zero-order valence-corrected chi connectivity index (χ0v) is 10.4. The molecule has 100 valence electrons. The van der Waals surface area contributed by atoms with E-state index >= 15 is 0 Å². The van der Waals surface area contributed by atoms with E-state index in [2.05, 4.69) is 0 Å². The van der Waals surface area contributed by atoms with Gasteiger partial charge in [0, 0.05) is 11.6 Å². The summed E-state index contributed by atoms with van der Waals surface area (Å²) in [6, 6.07) is 6.90. The van der Waals surface area contributed by atoms with Crippen LogP contribution in [0.25, 0.3) is 0 Å². The molecule has 0 atom stereocenters. The molecule has 0 unspecified atom stereocenters. The Morgan fingerprint density at radius 2 is 1.42 bits per heavy atom. The molecule has 0 saturated heterocycles. The highest BCUT2D eigenvalue weighted by molar-refractivity contribution is 7.90. The molecular weight excluding hydrogens is 277 g/mol. The van der Waals surface area contributed by atoms with E-state index in [0.29, 0.717) is 6.07 Å². The number of hydrogen-bond acceptors (Lipinski definition) is 2. The van der Waals surface area contributed by atoms with E-state index in [1.165, 1.54) is 0 Å². The minimum Gasteiger partial charge on any atom is -0.223 e. The molecule has 0 radical (unpaired) electrons. The lowest BCUT2D eigenvalue weighted by molar-refractivity contribution is 0.569. The summed E-state index contributed by atoms with van der Waals surface area (Å²) in [5.41, 5.74) is -0.134. The normalized spacial score (nSPS) is 11.5. The second-order valence-corrected chi connectivity index (χ2v) is 5.94. The van der Waals surface area contributed by atoms with Gasteiger partial charge in [-0.25, -0.2) is 21.6 Å². The highest BCUT2D eigenvalue weighted by Crippen LogP contribution is 2.19. The van der Waals surface area contributed by atoms with Gasteiger partial charge in [0.1, 0.15) is 17.5 Å². The fourth-order valence-electron chi connectivity index (χ4n) is 1.57. The van der Waals surface area contributed by atoms with Gasteiger partial charge in [-0.2, -0.15) is 0 Å². The van der Waals surface area contributed by atoms with Crippen LogP contribution in [0.4, 0.5) is 13.2 Å². The Balaban J connectivity index is 2.33. The monoisotopic (exact) mass is 286 g/mol. The quantitative estimate of drug-likeness (QED) is 0.813. The van der Waals surface area contributed by atoms with Gasteiger partial charge in [0.25, 0.3) is 0 Å². The van der Waals surface area contributed by atoms with Crippen molar-refractivity contribution < 1.29 is 21.6 Å². The van der Waals surface area contributed by atoms with Gasteiger partial charge in [0.05, 0.1) is 10.6 Å². The molecule has 2 aromatic rings. The molecule has 0 fully saturated rings. The van der Waals surface area contributed by atoms with Crippen molar-refractivity contribution in [2.75, 3.05) is 0 Å². The number of hydrogen-bond donors (Lipinski definition) is 0. The number of sulfone groups is 1. The van der Waals surface area contributed by atoms with Crippen molar-refractivity contribution in [1.82, 2.24) is 0 Å². The molecule has 2 nitrogen and oxygen atoms in total. The van der Waals surface area contributed by atoms with E-state index in [1.54, 1.807) is 0 Å². The van der Waals surface area contributed by atoms with Gasteiger partial charge in [0.15, 0.2) is 9.84 Å². The largest absolute Gasteiger partial charge is 0.223 e. The average molecular weight is 286 g/mol. The smallest absolute Gasteiger partial charge is 0.182 e. The van der Waals surface area contributed by atoms with E-state index in [1.807, 2.05) is 0 Å². The summed E-state index contributed by atoms with van der Waals surface area (Å²) < 4.78 is 62.8. The summed E-state index contributed by atoms with van der Waals surface area (Å²) in [6.45, 7) is 0. The van der Waals surface area contributed by atoms with E-state index < -0.39 is 33.0 Å². The van der Waals surface area contributed by atoms with Crippen LogP contribution in [0.1, 0.15) is 5.56 Å². The Morgan fingerprint density at radius 3 is 2.00 bits per heavy atom. The SMILES string of the molecule is O=S(=O)(Cc1ccc(F)cc1F)c1ccc(F)cc1. The first kappa shape index (κ1) is 13.6. The number of benzene rings is 2. The summed E-state index contributed by atoms with van der Waals surface area (Å²) in [7, 11) is -3.79. The van der Waals surface area contributed by atoms with Crippen molar-refractivity contribution in [3.8, 4) is 0 Å². The summed E-state index contributed by atoms with van der Waals surface area (Å²) in [5, 5.41) is 0. The van der Waals surface area contributed by atoms with Crippen molar-refractivity contribution in [2.45, 2.75) is 10.6 Å². The molecule has 0 N–H and O–H groups in total. The van der Waals surface area contributed by atoms with E-state index in [0.717, 1.165) is 36.4 Å². The highest BCUT2D eigenvalue weighted by Gasteiger charge is 2.18. The predicted octanol–water partition coefficient (Wildman–Crippen LogP) is 3.08. The lowest BCUT2D eigenvalue weighted by Crippen LogP contribution is -2.06. The van der Waals surface area contributed by atoms with Gasteiger partial charge in [-0.15, -0.1) is 0 Å². The van der Waals surface area contributed by atoms with Crippen LogP contribution in [0.3, 0.4) is 0 Å². The third kappa shape index (κ3) is 3.14. The summed E-state index contributed by atoms with van der Waals surface area (Å²) >= 11 is 0. The third-order valence-corrected chi connectivity index (χ3v) is 4.21. The summed E-state index contributed by atoms with van der Waals surface area (Å²) in [5.74, 6) is -2.87.